The Morgan fingerprint density at radius 3 is 2.29 bits per heavy atom. The minimum atomic E-state index is -2.86. The molecule has 1 unspecified atom stereocenters. The van der Waals surface area contributed by atoms with Crippen molar-refractivity contribution in [1.82, 2.24) is 10.2 Å². The van der Waals surface area contributed by atoms with Gasteiger partial charge in [0.05, 0.1) is 11.5 Å². The molecule has 0 aromatic heterocycles. The Kier molecular flexibility index (Phi) is 9.84. The van der Waals surface area contributed by atoms with Gasteiger partial charge in [0.25, 0.3) is 0 Å². The van der Waals surface area contributed by atoms with E-state index in [1.807, 2.05) is 36.1 Å². The highest BCUT2D eigenvalue weighted by molar-refractivity contribution is 7.91. The minimum Gasteiger partial charge on any atom is -0.353 e. The summed E-state index contributed by atoms with van der Waals surface area (Å²) in [6.07, 6.45) is 0. The zero-order valence-electron chi connectivity index (χ0n) is 13.6. The van der Waals surface area contributed by atoms with Gasteiger partial charge in [-0.2, -0.15) is 0 Å². The largest absolute Gasteiger partial charge is 0.353 e. The highest BCUT2D eigenvalue weighted by atomic mass is 35.5. The molecule has 1 aromatic carbocycles. The Labute approximate surface area is 155 Å². The summed E-state index contributed by atoms with van der Waals surface area (Å²) < 4.78 is 22.7. The second kappa shape index (κ2) is 10.2. The first-order chi connectivity index (χ1) is 10.4. The summed E-state index contributed by atoms with van der Waals surface area (Å²) in [4.78, 5) is 14.1. The quantitative estimate of drug-likeness (QED) is 0.761. The third-order valence-electron chi connectivity index (χ3n) is 3.88. The fourth-order valence-electron chi connectivity index (χ4n) is 2.35. The number of amides is 1. The molecule has 138 valence electrons. The van der Waals surface area contributed by atoms with Crippen molar-refractivity contribution in [2.45, 2.75) is 13.0 Å². The van der Waals surface area contributed by atoms with Gasteiger partial charge in [-0.05, 0) is 12.5 Å². The highest BCUT2D eigenvalue weighted by Crippen LogP contribution is 2.11. The maximum absolute atomic E-state index is 12.0. The molecular weight excluding hydrogens is 373 g/mol. The molecule has 1 aromatic rings. The molecule has 0 radical (unpaired) electrons. The van der Waals surface area contributed by atoms with Gasteiger partial charge in [-0.1, -0.05) is 29.8 Å². The van der Waals surface area contributed by atoms with Crippen molar-refractivity contribution in [3.63, 3.8) is 0 Å². The first-order valence-corrected chi connectivity index (χ1v) is 9.22. The van der Waals surface area contributed by atoms with Crippen molar-refractivity contribution in [3.8, 4) is 0 Å². The Morgan fingerprint density at radius 1 is 1.21 bits per heavy atom. The van der Waals surface area contributed by atoms with Gasteiger partial charge in [-0.25, -0.2) is 8.42 Å². The molecule has 1 aliphatic rings. The minimum absolute atomic E-state index is 0. The van der Waals surface area contributed by atoms with Crippen LogP contribution in [0, 0.1) is 6.92 Å². The molecule has 1 heterocycles. The van der Waals surface area contributed by atoms with Crippen LogP contribution in [-0.4, -0.2) is 56.9 Å². The molecule has 1 fully saturated rings. The fraction of sp³-hybridized carbons (Fsp3) is 0.533. The van der Waals surface area contributed by atoms with Gasteiger partial charge in [0.1, 0.15) is 6.04 Å². The molecule has 24 heavy (non-hydrogen) atoms. The van der Waals surface area contributed by atoms with Gasteiger partial charge in [-0.15, -0.1) is 24.8 Å². The number of aryl methyl sites for hydroxylation is 1. The lowest BCUT2D eigenvalue weighted by Crippen LogP contribution is -2.45. The Hall–Kier alpha value is -0.860. The van der Waals surface area contributed by atoms with Gasteiger partial charge in [0, 0.05) is 26.2 Å². The van der Waals surface area contributed by atoms with E-state index >= 15 is 0 Å². The maximum atomic E-state index is 12.0. The lowest BCUT2D eigenvalue weighted by atomic mass is 10.1. The van der Waals surface area contributed by atoms with Gasteiger partial charge in [0.2, 0.25) is 5.91 Å². The molecule has 2 rings (SSSR count). The van der Waals surface area contributed by atoms with Gasteiger partial charge >= 0.3 is 0 Å². The number of hydrogen-bond acceptors (Lipinski definition) is 5. The molecule has 1 atom stereocenters. The van der Waals surface area contributed by atoms with E-state index in [9.17, 15) is 13.2 Å². The number of halogens is 2. The van der Waals surface area contributed by atoms with Crippen LogP contribution in [0.2, 0.25) is 0 Å². The van der Waals surface area contributed by atoms with Crippen molar-refractivity contribution in [1.29, 1.82) is 0 Å². The van der Waals surface area contributed by atoms with Crippen LogP contribution < -0.4 is 11.1 Å². The predicted molar refractivity (Wildman–Crippen MR) is 101 cm³/mol. The van der Waals surface area contributed by atoms with Crippen LogP contribution in [0.5, 0.6) is 0 Å². The second-order valence-corrected chi connectivity index (χ2v) is 7.98. The lowest BCUT2D eigenvalue weighted by Gasteiger charge is -2.26. The summed E-state index contributed by atoms with van der Waals surface area (Å²) in [6, 6.07) is 6.89. The van der Waals surface area contributed by atoms with E-state index in [2.05, 4.69) is 5.32 Å². The first-order valence-electron chi connectivity index (χ1n) is 7.40. The van der Waals surface area contributed by atoms with Crippen LogP contribution in [-0.2, 0) is 14.6 Å². The number of hydrogen-bond donors (Lipinski definition) is 2. The molecular formula is C15H25Cl2N3O3S. The number of nitrogens with one attached hydrogen (secondary N) is 1. The molecule has 0 saturated carbocycles. The summed E-state index contributed by atoms with van der Waals surface area (Å²) in [7, 11) is -2.86. The summed E-state index contributed by atoms with van der Waals surface area (Å²) in [6.45, 7) is 4.15. The van der Waals surface area contributed by atoms with E-state index in [0.29, 0.717) is 26.2 Å². The van der Waals surface area contributed by atoms with Crippen molar-refractivity contribution in [2.24, 2.45) is 5.73 Å². The number of nitrogens with zero attached hydrogens (tertiary/aromatic N) is 1. The number of rotatable bonds is 5. The molecule has 3 N–H and O–H groups in total. The predicted octanol–water partition coefficient (Wildman–Crippen LogP) is 0.685. The number of nitrogens with two attached hydrogens (primary N) is 1. The van der Waals surface area contributed by atoms with E-state index < -0.39 is 15.9 Å². The van der Waals surface area contributed by atoms with Crippen LogP contribution in [0.25, 0.3) is 0 Å². The second-order valence-electron chi connectivity index (χ2n) is 5.67. The maximum Gasteiger partial charge on any atom is 0.241 e. The number of sulfone groups is 1. The molecule has 0 aliphatic carbocycles. The van der Waals surface area contributed by atoms with Crippen LogP contribution in [0.1, 0.15) is 17.2 Å². The Balaban J connectivity index is 0.00000264. The van der Waals surface area contributed by atoms with E-state index in [1.54, 1.807) is 0 Å². The third kappa shape index (κ3) is 6.94. The standard InChI is InChI=1S/C15H23N3O3S.2ClH/c1-12-2-4-13(5-3-12)14(16)15(19)17-6-7-18-8-10-22(20,21)11-9-18;;/h2-5,14H,6-11,16H2,1H3,(H,17,19);2*1H. The van der Waals surface area contributed by atoms with Gasteiger partial charge < -0.3 is 11.1 Å². The van der Waals surface area contributed by atoms with Crippen LogP contribution in [0.4, 0.5) is 0 Å². The van der Waals surface area contributed by atoms with Crippen LogP contribution in [0.3, 0.4) is 0 Å². The zero-order chi connectivity index (χ0) is 16.2. The summed E-state index contributed by atoms with van der Waals surface area (Å²) in [5.74, 6) is 0.182. The van der Waals surface area contributed by atoms with Crippen molar-refractivity contribution in [2.75, 3.05) is 37.7 Å². The molecule has 1 aliphatic heterocycles. The van der Waals surface area contributed by atoms with Gasteiger partial charge in [-0.3, -0.25) is 9.69 Å². The van der Waals surface area contributed by atoms with Crippen molar-refractivity contribution in [3.05, 3.63) is 35.4 Å². The molecule has 0 spiro atoms. The van der Waals surface area contributed by atoms with Crippen LogP contribution >= 0.6 is 24.8 Å². The number of carbonyl (C=O) groups excluding carboxylic acids is 1. The average molecular weight is 398 g/mol. The van der Waals surface area contributed by atoms with Crippen LogP contribution in [0.15, 0.2) is 24.3 Å². The number of benzene rings is 1. The molecule has 6 nitrogen and oxygen atoms in total. The Morgan fingerprint density at radius 2 is 1.75 bits per heavy atom. The average Bonchev–Trinajstić information content (AvgIpc) is 2.49. The van der Waals surface area contributed by atoms with E-state index in [-0.39, 0.29) is 42.2 Å². The van der Waals surface area contributed by atoms with Crippen molar-refractivity contribution < 1.29 is 13.2 Å². The third-order valence-corrected chi connectivity index (χ3v) is 5.49. The normalized spacial score (nSPS) is 17.9. The smallest absolute Gasteiger partial charge is 0.241 e. The summed E-state index contributed by atoms with van der Waals surface area (Å²) >= 11 is 0. The molecule has 9 heteroatoms. The zero-order valence-corrected chi connectivity index (χ0v) is 16.1. The van der Waals surface area contributed by atoms with E-state index in [4.69, 9.17) is 5.73 Å². The van der Waals surface area contributed by atoms with Gasteiger partial charge in [0.15, 0.2) is 9.84 Å². The molecule has 1 amide bonds. The fourth-order valence-corrected chi connectivity index (χ4v) is 3.62. The highest BCUT2D eigenvalue weighted by Gasteiger charge is 2.21. The lowest BCUT2D eigenvalue weighted by molar-refractivity contribution is -0.122. The van der Waals surface area contributed by atoms with Crippen molar-refractivity contribution >= 4 is 40.6 Å². The molecule has 0 bridgehead atoms. The number of carbonyl (C=O) groups is 1. The first kappa shape index (κ1) is 23.1. The summed E-state index contributed by atoms with van der Waals surface area (Å²) in [5.41, 5.74) is 7.84. The topological polar surface area (TPSA) is 92.5 Å². The molecule has 1 saturated heterocycles. The SMILES string of the molecule is Cc1ccc(C(N)C(=O)NCCN2CCS(=O)(=O)CC2)cc1.Cl.Cl. The Bertz CT molecular complexity index is 609. The van der Waals surface area contributed by atoms with E-state index in [1.165, 1.54) is 0 Å². The summed E-state index contributed by atoms with van der Waals surface area (Å²) in [5, 5.41) is 2.81. The van der Waals surface area contributed by atoms with E-state index in [0.717, 1.165) is 11.1 Å². The monoisotopic (exact) mass is 397 g/mol.